The third-order valence-electron chi connectivity index (χ3n) is 5.61. The van der Waals surface area contributed by atoms with E-state index in [4.69, 9.17) is 26.1 Å². The molecule has 0 spiro atoms. The summed E-state index contributed by atoms with van der Waals surface area (Å²) in [6.07, 6.45) is 1.76. The van der Waals surface area contributed by atoms with Crippen LogP contribution < -0.4 is 19.6 Å². The van der Waals surface area contributed by atoms with Gasteiger partial charge in [-0.1, -0.05) is 59.3 Å². The molecule has 1 aromatic heterocycles. The minimum absolute atomic E-state index is 0.221. The second kappa shape index (κ2) is 7.35. The molecule has 3 heterocycles. The van der Waals surface area contributed by atoms with Crippen LogP contribution in [0.4, 0.5) is 0 Å². The van der Waals surface area contributed by atoms with Crippen molar-refractivity contribution in [3.05, 3.63) is 84.4 Å². The van der Waals surface area contributed by atoms with E-state index in [0.717, 1.165) is 11.1 Å². The van der Waals surface area contributed by atoms with Crippen LogP contribution >= 0.6 is 22.9 Å². The second-order valence-corrected chi connectivity index (χ2v) is 8.99. The molecule has 2 aromatic carbocycles. The molecule has 3 atom stereocenters. The number of thiazole rings is 1. The minimum atomic E-state index is -1.18. The van der Waals surface area contributed by atoms with Crippen molar-refractivity contribution in [3.8, 4) is 5.75 Å². The normalized spacial score (nSPS) is 23.9. The molecule has 2 aliphatic rings. The quantitative estimate of drug-likeness (QED) is 0.570. The SMILES string of the molecule is CCOC(=O)[C@@H]1[C@H]2c3ccccc3O[C@@]1(C)N=c1s/c(=C/c3ccccc3Cl)c(=O)n12. The molecule has 0 fully saturated rings. The van der Waals surface area contributed by atoms with Gasteiger partial charge in [0, 0.05) is 10.6 Å². The minimum Gasteiger partial charge on any atom is -0.466 e. The first-order valence-electron chi connectivity index (χ1n) is 9.95. The Bertz CT molecular complexity index is 1380. The van der Waals surface area contributed by atoms with E-state index in [2.05, 4.69) is 0 Å². The zero-order valence-corrected chi connectivity index (χ0v) is 18.4. The van der Waals surface area contributed by atoms with Gasteiger partial charge in [0.15, 0.2) is 4.80 Å². The van der Waals surface area contributed by atoms with Gasteiger partial charge < -0.3 is 9.47 Å². The van der Waals surface area contributed by atoms with Gasteiger partial charge in [0.1, 0.15) is 11.7 Å². The van der Waals surface area contributed by atoms with Crippen molar-refractivity contribution in [3.63, 3.8) is 0 Å². The summed E-state index contributed by atoms with van der Waals surface area (Å²) in [5, 5.41) is 0.555. The standard InChI is InChI=1S/C23H19ClN2O4S/c1-3-29-21(28)18-19-14-9-5-7-11-16(14)30-23(18,2)25-22-26(19)20(27)17(31-22)12-13-8-4-6-10-15(13)24/h4-12,18-19H,3H2,1-2H3/b17-12+/t18-,19+,23+/m0/s1. The van der Waals surface area contributed by atoms with E-state index in [9.17, 15) is 9.59 Å². The number of carbonyl (C=O) groups is 1. The first-order chi connectivity index (χ1) is 14.9. The zero-order valence-electron chi connectivity index (χ0n) is 16.9. The molecule has 158 valence electrons. The maximum atomic E-state index is 13.5. The van der Waals surface area contributed by atoms with Gasteiger partial charge in [-0.2, -0.15) is 0 Å². The third-order valence-corrected chi connectivity index (χ3v) is 6.94. The Morgan fingerprint density at radius 2 is 2.03 bits per heavy atom. The third kappa shape index (κ3) is 3.11. The van der Waals surface area contributed by atoms with Gasteiger partial charge in [0.05, 0.1) is 17.2 Å². The lowest BCUT2D eigenvalue weighted by molar-refractivity contribution is -0.160. The summed E-state index contributed by atoms with van der Waals surface area (Å²) >= 11 is 7.55. The van der Waals surface area contributed by atoms with Gasteiger partial charge in [0.2, 0.25) is 5.72 Å². The molecule has 0 saturated heterocycles. The summed E-state index contributed by atoms with van der Waals surface area (Å²) in [6, 6.07) is 14.2. The Labute approximate surface area is 187 Å². The van der Waals surface area contributed by atoms with Crippen molar-refractivity contribution in [2.75, 3.05) is 6.61 Å². The van der Waals surface area contributed by atoms with Crippen molar-refractivity contribution >= 4 is 35.0 Å². The average Bonchev–Trinajstić information content (AvgIpc) is 3.03. The Hall–Kier alpha value is -2.90. The molecule has 0 unspecified atom stereocenters. The number of fused-ring (bicyclic) bond motifs is 6. The van der Waals surface area contributed by atoms with Gasteiger partial charge in [-0.15, -0.1) is 0 Å². The van der Waals surface area contributed by atoms with Crippen molar-refractivity contribution < 1.29 is 14.3 Å². The number of halogens is 1. The number of nitrogens with zero attached hydrogens (tertiary/aromatic N) is 2. The van der Waals surface area contributed by atoms with E-state index in [1.54, 1.807) is 30.6 Å². The lowest BCUT2D eigenvalue weighted by atomic mass is 9.81. The second-order valence-electron chi connectivity index (χ2n) is 7.57. The first kappa shape index (κ1) is 20.0. The maximum absolute atomic E-state index is 13.5. The number of hydrogen-bond donors (Lipinski definition) is 0. The highest BCUT2D eigenvalue weighted by atomic mass is 35.5. The van der Waals surface area contributed by atoms with Gasteiger partial charge in [-0.05, 0) is 37.6 Å². The molecule has 0 radical (unpaired) electrons. The van der Waals surface area contributed by atoms with Crippen LogP contribution in [0.2, 0.25) is 5.02 Å². The van der Waals surface area contributed by atoms with Crippen LogP contribution in [0.15, 0.2) is 58.3 Å². The monoisotopic (exact) mass is 454 g/mol. The van der Waals surface area contributed by atoms with Crippen LogP contribution in [0.25, 0.3) is 6.08 Å². The Morgan fingerprint density at radius 3 is 2.81 bits per heavy atom. The van der Waals surface area contributed by atoms with Crippen LogP contribution in [0, 0.1) is 5.92 Å². The molecule has 6 nitrogen and oxygen atoms in total. The predicted molar refractivity (Wildman–Crippen MR) is 118 cm³/mol. The largest absolute Gasteiger partial charge is 0.466 e. The molecule has 3 aromatic rings. The molecule has 5 rings (SSSR count). The predicted octanol–water partition coefficient (Wildman–Crippen LogP) is 2.90. The summed E-state index contributed by atoms with van der Waals surface area (Å²) in [4.78, 5) is 31.7. The summed E-state index contributed by atoms with van der Waals surface area (Å²) in [5.41, 5.74) is 0.109. The van der Waals surface area contributed by atoms with Gasteiger partial charge >= 0.3 is 5.97 Å². The zero-order chi connectivity index (χ0) is 21.8. The van der Waals surface area contributed by atoms with E-state index < -0.39 is 23.7 Å². The van der Waals surface area contributed by atoms with E-state index in [1.165, 1.54) is 11.3 Å². The number of para-hydroxylation sites is 1. The molecule has 0 aliphatic carbocycles. The van der Waals surface area contributed by atoms with Crippen LogP contribution in [0.3, 0.4) is 0 Å². The average molecular weight is 455 g/mol. The van der Waals surface area contributed by atoms with Crippen molar-refractivity contribution in [1.29, 1.82) is 0 Å². The van der Waals surface area contributed by atoms with Gasteiger partial charge in [0.25, 0.3) is 5.56 Å². The number of rotatable bonds is 3. The van der Waals surface area contributed by atoms with E-state index in [0.29, 0.717) is 20.1 Å². The van der Waals surface area contributed by atoms with E-state index in [-0.39, 0.29) is 12.2 Å². The molecular formula is C23H19ClN2O4S. The molecule has 0 saturated carbocycles. The Balaban J connectivity index is 1.79. The van der Waals surface area contributed by atoms with Crippen molar-refractivity contribution in [2.45, 2.75) is 25.6 Å². The van der Waals surface area contributed by atoms with E-state index >= 15 is 0 Å². The Kier molecular flexibility index (Phi) is 4.75. The smallest absolute Gasteiger partial charge is 0.317 e. The Morgan fingerprint density at radius 1 is 1.29 bits per heavy atom. The summed E-state index contributed by atoms with van der Waals surface area (Å²) in [7, 11) is 0. The fraction of sp³-hybridized carbons (Fsp3) is 0.261. The topological polar surface area (TPSA) is 69.9 Å². The lowest BCUT2D eigenvalue weighted by Gasteiger charge is -2.44. The van der Waals surface area contributed by atoms with E-state index in [1.807, 2.05) is 42.5 Å². The van der Waals surface area contributed by atoms with Crippen molar-refractivity contribution in [2.24, 2.45) is 10.9 Å². The van der Waals surface area contributed by atoms with Crippen molar-refractivity contribution in [1.82, 2.24) is 4.57 Å². The van der Waals surface area contributed by atoms with Crippen LogP contribution in [0.1, 0.15) is 31.0 Å². The summed E-state index contributed by atoms with van der Waals surface area (Å²) in [5.74, 6) is -0.608. The summed E-state index contributed by atoms with van der Waals surface area (Å²) in [6.45, 7) is 3.75. The molecule has 2 bridgehead atoms. The highest BCUT2D eigenvalue weighted by Crippen LogP contribution is 2.47. The molecule has 31 heavy (non-hydrogen) atoms. The number of benzene rings is 2. The van der Waals surface area contributed by atoms with Gasteiger partial charge in [-0.3, -0.25) is 14.2 Å². The fourth-order valence-electron chi connectivity index (χ4n) is 4.27. The van der Waals surface area contributed by atoms with Crippen LogP contribution in [-0.2, 0) is 9.53 Å². The molecular weight excluding hydrogens is 436 g/mol. The van der Waals surface area contributed by atoms with Gasteiger partial charge in [-0.25, -0.2) is 4.99 Å². The molecule has 0 N–H and O–H groups in total. The number of esters is 1. The number of hydrogen-bond acceptors (Lipinski definition) is 6. The maximum Gasteiger partial charge on any atom is 0.317 e. The number of carbonyl (C=O) groups excluding carboxylic acids is 1. The number of ether oxygens (including phenoxy) is 2. The van der Waals surface area contributed by atoms with Crippen LogP contribution in [0.5, 0.6) is 5.75 Å². The first-order valence-corrected chi connectivity index (χ1v) is 11.1. The molecule has 8 heteroatoms. The highest BCUT2D eigenvalue weighted by Gasteiger charge is 2.55. The lowest BCUT2D eigenvalue weighted by Crippen LogP contribution is -2.58. The van der Waals surface area contributed by atoms with Crippen LogP contribution in [-0.4, -0.2) is 22.9 Å². The molecule has 2 aliphatic heterocycles. The number of aromatic nitrogens is 1. The fourth-order valence-corrected chi connectivity index (χ4v) is 5.55. The summed E-state index contributed by atoms with van der Waals surface area (Å²) < 4.78 is 13.6. The molecule has 0 amide bonds. The highest BCUT2D eigenvalue weighted by molar-refractivity contribution is 7.07.